The molecule has 0 atom stereocenters. The molecule has 0 amide bonds. The van der Waals surface area contributed by atoms with Crippen LogP contribution in [0.5, 0.6) is 0 Å². The van der Waals surface area contributed by atoms with Crippen molar-refractivity contribution in [3.05, 3.63) is 83.2 Å². The van der Waals surface area contributed by atoms with Crippen molar-refractivity contribution in [2.24, 2.45) is 5.92 Å². The largest absolute Gasteiger partial charge is 0.207 e. The standard InChI is InChI=1S/C31H35F3/c1-3-5-7-25-16-19-28(31(34)30(25)33)24-14-12-22(13-15-24)26-17-18-27(29(32)20-26)23-10-8-21(6-4-2)9-11-23/h12-21,23H,3-11H2,1-2H3. The van der Waals surface area contributed by atoms with Crippen LogP contribution in [0, 0.1) is 23.4 Å². The van der Waals surface area contributed by atoms with Crippen LogP contribution in [0.4, 0.5) is 13.2 Å². The molecule has 0 N–H and O–H groups in total. The summed E-state index contributed by atoms with van der Waals surface area (Å²) in [7, 11) is 0. The molecule has 0 unspecified atom stereocenters. The van der Waals surface area contributed by atoms with Crippen LogP contribution >= 0.6 is 0 Å². The molecule has 1 fully saturated rings. The molecule has 0 bridgehead atoms. The Balaban J connectivity index is 1.49. The van der Waals surface area contributed by atoms with Crippen molar-refractivity contribution in [2.45, 2.75) is 77.6 Å². The van der Waals surface area contributed by atoms with Gasteiger partial charge in [-0.25, -0.2) is 13.2 Å². The van der Waals surface area contributed by atoms with E-state index < -0.39 is 11.6 Å². The molecule has 0 spiro atoms. The number of halogens is 3. The first kappa shape index (κ1) is 24.6. The van der Waals surface area contributed by atoms with E-state index in [1.165, 1.54) is 25.7 Å². The minimum atomic E-state index is -0.801. The van der Waals surface area contributed by atoms with Gasteiger partial charge in [-0.05, 0) is 84.2 Å². The maximum absolute atomic E-state index is 15.0. The summed E-state index contributed by atoms with van der Waals surface area (Å²) in [5.74, 6) is -0.589. The van der Waals surface area contributed by atoms with Gasteiger partial charge in [-0.15, -0.1) is 0 Å². The lowest BCUT2D eigenvalue weighted by Gasteiger charge is -2.29. The van der Waals surface area contributed by atoms with Gasteiger partial charge in [0, 0.05) is 5.56 Å². The lowest BCUT2D eigenvalue weighted by atomic mass is 9.77. The third kappa shape index (κ3) is 5.40. The van der Waals surface area contributed by atoms with Gasteiger partial charge in [0.1, 0.15) is 5.82 Å². The van der Waals surface area contributed by atoms with E-state index in [9.17, 15) is 8.78 Å². The quantitative estimate of drug-likeness (QED) is 0.311. The average molecular weight is 465 g/mol. The molecular weight excluding hydrogens is 429 g/mol. The maximum atomic E-state index is 15.0. The number of aryl methyl sites for hydroxylation is 1. The zero-order valence-corrected chi connectivity index (χ0v) is 20.3. The van der Waals surface area contributed by atoms with Gasteiger partial charge in [0.05, 0.1) is 0 Å². The Morgan fingerprint density at radius 1 is 0.706 bits per heavy atom. The number of benzene rings is 3. The van der Waals surface area contributed by atoms with E-state index in [0.29, 0.717) is 23.5 Å². The molecule has 1 saturated carbocycles. The Hall–Kier alpha value is -2.55. The summed E-state index contributed by atoms with van der Waals surface area (Å²) >= 11 is 0. The fourth-order valence-electron chi connectivity index (χ4n) is 5.42. The first-order valence-corrected chi connectivity index (χ1v) is 12.9. The van der Waals surface area contributed by atoms with Gasteiger partial charge in [-0.2, -0.15) is 0 Å². The molecule has 0 radical (unpaired) electrons. The number of hydrogen-bond donors (Lipinski definition) is 0. The lowest BCUT2D eigenvalue weighted by molar-refractivity contribution is 0.304. The highest BCUT2D eigenvalue weighted by Crippen LogP contribution is 2.39. The molecule has 3 aromatic carbocycles. The van der Waals surface area contributed by atoms with E-state index in [0.717, 1.165) is 48.3 Å². The van der Waals surface area contributed by atoms with E-state index >= 15 is 4.39 Å². The fourth-order valence-corrected chi connectivity index (χ4v) is 5.42. The highest BCUT2D eigenvalue weighted by molar-refractivity contribution is 5.71. The predicted octanol–water partition coefficient (Wildman–Crippen LogP) is 9.85. The molecule has 4 rings (SSSR count). The second kappa shape index (κ2) is 11.3. The molecule has 0 saturated heterocycles. The number of rotatable bonds is 8. The van der Waals surface area contributed by atoms with Crippen molar-refractivity contribution >= 4 is 0 Å². The van der Waals surface area contributed by atoms with Gasteiger partial charge in [-0.1, -0.05) is 81.6 Å². The lowest BCUT2D eigenvalue weighted by Crippen LogP contribution is -2.14. The number of unbranched alkanes of at least 4 members (excludes halogenated alkanes) is 1. The van der Waals surface area contributed by atoms with Crippen LogP contribution in [-0.4, -0.2) is 0 Å². The van der Waals surface area contributed by atoms with Crippen LogP contribution in [-0.2, 0) is 6.42 Å². The smallest absolute Gasteiger partial charge is 0.166 e. The van der Waals surface area contributed by atoms with Crippen molar-refractivity contribution in [1.29, 1.82) is 0 Å². The zero-order chi connectivity index (χ0) is 24.1. The molecule has 0 heterocycles. The zero-order valence-electron chi connectivity index (χ0n) is 20.3. The first-order valence-electron chi connectivity index (χ1n) is 12.9. The van der Waals surface area contributed by atoms with Gasteiger partial charge in [-0.3, -0.25) is 0 Å². The average Bonchev–Trinajstić information content (AvgIpc) is 2.86. The minimum absolute atomic E-state index is 0.142. The highest BCUT2D eigenvalue weighted by Gasteiger charge is 2.24. The third-order valence-electron chi connectivity index (χ3n) is 7.48. The van der Waals surface area contributed by atoms with E-state index in [1.807, 2.05) is 31.2 Å². The fraction of sp³-hybridized carbons (Fsp3) is 0.419. The van der Waals surface area contributed by atoms with Gasteiger partial charge >= 0.3 is 0 Å². The molecule has 0 aliphatic heterocycles. The van der Waals surface area contributed by atoms with Gasteiger partial charge < -0.3 is 0 Å². The molecule has 1 aliphatic rings. The molecular formula is C31H35F3. The Labute approximate surface area is 202 Å². The summed E-state index contributed by atoms with van der Waals surface area (Å²) in [4.78, 5) is 0. The van der Waals surface area contributed by atoms with E-state index in [2.05, 4.69) is 6.92 Å². The van der Waals surface area contributed by atoms with Crippen LogP contribution in [0.15, 0.2) is 54.6 Å². The Morgan fingerprint density at radius 2 is 1.38 bits per heavy atom. The second-order valence-electron chi connectivity index (χ2n) is 9.82. The minimum Gasteiger partial charge on any atom is -0.207 e. The molecule has 180 valence electrons. The summed E-state index contributed by atoms with van der Waals surface area (Å²) in [6, 6.07) is 16.1. The van der Waals surface area contributed by atoms with E-state index in [1.54, 1.807) is 30.3 Å². The van der Waals surface area contributed by atoms with Crippen molar-refractivity contribution in [1.82, 2.24) is 0 Å². The van der Waals surface area contributed by atoms with E-state index in [4.69, 9.17) is 0 Å². The maximum Gasteiger partial charge on any atom is 0.166 e. The third-order valence-corrected chi connectivity index (χ3v) is 7.48. The molecule has 1 aliphatic carbocycles. The molecule has 0 nitrogen and oxygen atoms in total. The van der Waals surface area contributed by atoms with Crippen LogP contribution in [0.1, 0.15) is 82.3 Å². The topological polar surface area (TPSA) is 0 Å². The molecule has 3 heteroatoms. The second-order valence-corrected chi connectivity index (χ2v) is 9.82. The summed E-state index contributed by atoms with van der Waals surface area (Å²) in [6.45, 7) is 4.26. The van der Waals surface area contributed by atoms with Crippen LogP contribution in [0.3, 0.4) is 0 Å². The van der Waals surface area contributed by atoms with Crippen LogP contribution < -0.4 is 0 Å². The van der Waals surface area contributed by atoms with Crippen molar-refractivity contribution < 1.29 is 13.2 Å². The summed E-state index contributed by atoms with van der Waals surface area (Å²) in [6.07, 6.45) is 9.33. The molecule has 0 aromatic heterocycles. The summed E-state index contributed by atoms with van der Waals surface area (Å²) in [5.41, 5.74) is 3.79. The van der Waals surface area contributed by atoms with Gasteiger partial charge in [0.25, 0.3) is 0 Å². The highest BCUT2D eigenvalue weighted by atomic mass is 19.2. The predicted molar refractivity (Wildman–Crippen MR) is 135 cm³/mol. The Morgan fingerprint density at radius 3 is 2.03 bits per heavy atom. The van der Waals surface area contributed by atoms with Crippen LogP contribution in [0.2, 0.25) is 0 Å². The Bertz CT molecular complexity index is 1090. The molecule has 3 aromatic rings. The first-order chi connectivity index (χ1) is 16.5. The van der Waals surface area contributed by atoms with Crippen molar-refractivity contribution in [3.63, 3.8) is 0 Å². The number of hydrogen-bond acceptors (Lipinski definition) is 0. The van der Waals surface area contributed by atoms with Crippen LogP contribution in [0.25, 0.3) is 22.3 Å². The van der Waals surface area contributed by atoms with Gasteiger partial charge in [0.15, 0.2) is 11.6 Å². The van der Waals surface area contributed by atoms with Gasteiger partial charge in [0.2, 0.25) is 0 Å². The van der Waals surface area contributed by atoms with Crippen molar-refractivity contribution in [2.75, 3.05) is 0 Å². The van der Waals surface area contributed by atoms with E-state index in [-0.39, 0.29) is 11.4 Å². The SMILES string of the molecule is CCCCc1ccc(-c2ccc(-c3ccc(C4CCC(CCC)CC4)c(F)c3)cc2)c(F)c1F. The normalized spacial score (nSPS) is 18.3. The summed E-state index contributed by atoms with van der Waals surface area (Å²) < 4.78 is 44.3. The molecule has 34 heavy (non-hydrogen) atoms. The Kier molecular flexibility index (Phi) is 8.13. The van der Waals surface area contributed by atoms with Crippen molar-refractivity contribution in [3.8, 4) is 22.3 Å². The summed E-state index contributed by atoms with van der Waals surface area (Å²) in [5, 5.41) is 0. The monoisotopic (exact) mass is 464 g/mol.